The van der Waals surface area contributed by atoms with Crippen LogP contribution in [0.4, 0.5) is 5.69 Å². The first-order chi connectivity index (χ1) is 13.5. The lowest BCUT2D eigenvalue weighted by Crippen LogP contribution is -2.47. The predicted octanol–water partition coefficient (Wildman–Crippen LogP) is 4.17. The lowest BCUT2D eigenvalue weighted by molar-refractivity contribution is -0.120. The van der Waals surface area contributed by atoms with Crippen molar-refractivity contribution in [3.63, 3.8) is 0 Å². The summed E-state index contributed by atoms with van der Waals surface area (Å²) in [5, 5.41) is 4.05. The van der Waals surface area contributed by atoms with Crippen molar-refractivity contribution in [3.8, 4) is 0 Å². The van der Waals surface area contributed by atoms with Gasteiger partial charge < -0.3 is 10.2 Å². The lowest BCUT2D eigenvalue weighted by Gasteiger charge is -2.36. The van der Waals surface area contributed by atoms with E-state index in [2.05, 4.69) is 46.3 Å². The fraction of sp³-hybridized carbons (Fsp3) is 0.409. The van der Waals surface area contributed by atoms with Crippen molar-refractivity contribution in [2.75, 3.05) is 44.2 Å². The van der Waals surface area contributed by atoms with Gasteiger partial charge in [0.05, 0.1) is 6.42 Å². The molecular formula is C22H27Cl2N3O. The quantitative estimate of drug-likeness (QED) is 0.683. The number of nitrogens with zero attached hydrogens (tertiary/aromatic N) is 2. The summed E-state index contributed by atoms with van der Waals surface area (Å²) >= 11 is 12.3. The van der Waals surface area contributed by atoms with Gasteiger partial charge in [-0.1, -0.05) is 41.4 Å². The molecule has 1 amide bonds. The maximum atomic E-state index is 12.1. The first kappa shape index (κ1) is 21.0. The van der Waals surface area contributed by atoms with Crippen LogP contribution in [0.2, 0.25) is 10.0 Å². The molecule has 1 aliphatic rings. The molecule has 0 bridgehead atoms. The minimum atomic E-state index is -0.0423. The topological polar surface area (TPSA) is 35.6 Å². The van der Waals surface area contributed by atoms with E-state index < -0.39 is 0 Å². The highest BCUT2D eigenvalue weighted by atomic mass is 35.5. The van der Waals surface area contributed by atoms with Crippen LogP contribution in [-0.2, 0) is 11.2 Å². The summed E-state index contributed by atoms with van der Waals surface area (Å²) in [5.41, 5.74) is 3.30. The molecule has 0 aliphatic carbocycles. The molecule has 0 radical (unpaired) electrons. The van der Waals surface area contributed by atoms with E-state index in [9.17, 15) is 4.79 Å². The third-order valence-electron chi connectivity index (χ3n) is 5.11. The van der Waals surface area contributed by atoms with Crippen LogP contribution in [0.15, 0.2) is 42.5 Å². The van der Waals surface area contributed by atoms with E-state index in [-0.39, 0.29) is 12.3 Å². The molecular weight excluding hydrogens is 393 g/mol. The minimum Gasteiger partial charge on any atom is -0.369 e. The average molecular weight is 420 g/mol. The summed E-state index contributed by atoms with van der Waals surface area (Å²) < 4.78 is 0. The molecule has 1 aliphatic heterocycles. The number of hydrogen-bond acceptors (Lipinski definition) is 3. The second-order valence-corrected chi connectivity index (χ2v) is 8.06. The summed E-state index contributed by atoms with van der Waals surface area (Å²) in [7, 11) is 0. The highest BCUT2D eigenvalue weighted by molar-refractivity contribution is 6.36. The van der Waals surface area contributed by atoms with Gasteiger partial charge in [-0.15, -0.1) is 0 Å². The number of nitrogens with one attached hydrogen (secondary N) is 1. The van der Waals surface area contributed by atoms with Crippen LogP contribution in [0, 0.1) is 6.92 Å². The molecule has 0 atom stereocenters. The molecule has 0 spiro atoms. The Morgan fingerprint density at radius 1 is 1.04 bits per heavy atom. The van der Waals surface area contributed by atoms with Crippen LogP contribution in [0.25, 0.3) is 0 Å². The molecule has 1 heterocycles. The molecule has 1 fully saturated rings. The van der Waals surface area contributed by atoms with Crippen molar-refractivity contribution in [2.24, 2.45) is 0 Å². The van der Waals surface area contributed by atoms with Crippen molar-refractivity contribution in [1.29, 1.82) is 0 Å². The van der Waals surface area contributed by atoms with E-state index in [1.54, 1.807) is 18.2 Å². The predicted molar refractivity (Wildman–Crippen MR) is 118 cm³/mol. The maximum absolute atomic E-state index is 12.1. The van der Waals surface area contributed by atoms with Crippen LogP contribution in [0.3, 0.4) is 0 Å². The number of anilines is 1. The Labute approximate surface area is 177 Å². The van der Waals surface area contributed by atoms with E-state index in [1.807, 2.05) is 0 Å². The SMILES string of the molecule is Cc1cccc(N2CCN(CCCNC(=O)Cc3c(Cl)cccc3Cl)CC2)c1. The van der Waals surface area contributed by atoms with Crippen molar-refractivity contribution < 1.29 is 4.79 Å². The molecule has 2 aromatic carbocycles. The smallest absolute Gasteiger partial charge is 0.224 e. The molecule has 1 N–H and O–H groups in total. The Balaban J connectivity index is 1.34. The van der Waals surface area contributed by atoms with E-state index in [0.717, 1.165) is 39.1 Å². The number of hydrogen-bond donors (Lipinski definition) is 1. The Kier molecular flexibility index (Phi) is 7.60. The molecule has 150 valence electrons. The monoisotopic (exact) mass is 419 g/mol. The molecule has 3 rings (SSSR count). The van der Waals surface area contributed by atoms with Crippen molar-refractivity contribution in [1.82, 2.24) is 10.2 Å². The first-order valence-electron chi connectivity index (χ1n) is 9.76. The number of piperazine rings is 1. The Morgan fingerprint density at radius 2 is 1.71 bits per heavy atom. The second kappa shape index (κ2) is 10.1. The van der Waals surface area contributed by atoms with Gasteiger partial charge in [0.1, 0.15) is 0 Å². The van der Waals surface area contributed by atoms with Gasteiger partial charge >= 0.3 is 0 Å². The van der Waals surface area contributed by atoms with Gasteiger partial charge in [0.2, 0.25) is 5.91 Å². The highest BCUT2D eigenvalue weighted by Crippen LogP contribution is 2.24. The zero-order valence-electron chi connectivity index (χ0n) is 16.3. The van der Waals surface area contributed by atoms with Crippen molar-refractivity contribution in [3.05, 3.63) is 63.6 Å². The van der Waals surface area contributed by atoms with Gasteiger partial charge in [0.25, 0.3) is 0 Å². The van der Waals surface area contributed by atoms with E-state index in [1.165, 1.54) is 11.3 Å². The largest absolute Gasteiger partial charge is 0.369 e. The van der Waals surface area contributed by atoms with Gasteiger partial charge in [-0.3, -0.25) is 9.69 Å². The van der Waals surface area contributed by atoms with E-state index >= 15 is 0 Å². The Morgan fingerprint density at radius 3 is 2.39 bits per heavy atom. The number of carbonyl (C=O) groups excluding carboxylic acids is 1. The van der Waals surface area contributed by atoms with Crippen LogP contribution in [-0.4, -0.2) is 50.1 Å². The number of rotatable bonds is 7. The van der Waals surface area contributed by atoms with E-state index in [4.69, 9.17) is 23.2 Å². The summed E-state index contributed by atoms with van der Waals surface area (Å²) in [5.74, 6) is -0.0423. The van der Waals surface area contributed by atoms with Crippen molar-refractivity contribution in [2.45, 2.75) is 19.8 Å². The standard InChI is InChI=1S/C22H27Cl2N3O/c1-17-5-2-6-18(15-17)27-13-11-26(12-14-27)10-4-9-25-22(28)16-19-20(23)7-3-8-21(19)24/h2-3,5-8,15H,4,9-14,16H2,1H3,(H,25,28). The number of benzene rings is 2. The van der Waals surface area contributed by atoms with Gasteiger partial charge in [-0.05, 0) is 55.3 Å². The van der Waals surface area contributed by atoms with Crippen LogP contribution in [0.5, 0.6) is 0 Å². The van der Waals surface area contributed by atoms with Crippen molar-refractivity contribution >= 4 is 34.8 Å². The number of aryl methyl sites for hydroxylation is 1. The van der Waals surface area contributed by atoms with Gasteiger partial charge in [-0.25, -0.2) is 0 Å². The highest BCUT2D eigenvalue weighted by Gasteiger charge is 2.17. The molecule has 1 saturated heterocycles. The first-order valence-corrected chi connectivity index (χ1v) is 10.5. The molecule has 0 unspecified atom stereocenters. The summed E-state index contributed by atoms with van der Waals surface area (Å²) in [6.07, 6.45) is 1.15. The van der Waals surface area contributed by atoms with E-state index in [0.29, 0.717) is 22.2 Å². The summed E-state index contributed by atoms with van der Waals surface area (Å²) in [4.78, 5) is 17.1. The molecule has 28 heavy (non-hydrogen) atoms. The van der Waals surface area contributed by atoms with Gasteiger partial charge in [0.15, 0.2) is 0 Å². The molecule has 6 heteroatoms. The lowest BCUT2D eigenvalue weighted by atomic mass is 10.1. The van der Waals surface area contributed by atoms with Crippen LogP contribution in [0.1, 0.15) is 17.5 Å². The normalized spacial score (nSPS) is 14.9. The fourth-order valence-electron chi connectivity index (χ4n) is 3.51. The molecule has 0 saturated carbocycles. The zero-order valence-corrected chi connectivity index (χ0v) is 17.8. The molecule has 0 aromatic heterocycles. The maximum Gasteiger partial charge on any atom is 0.224 e. The number of carbonyl (C=O) groups is 1. The van der Waals surface area contributed by atoms with Crippen LogP contribution >= 0.6 is 23.2 Å². The molecule has 2 aromatic rings. The number of halogens is 2. The van der Waals surface area contributed by atoms with Gasteiger partial charge in [-0.2, -0.15) is 0 Å². The summed E-state index contributed by atoms with van der Waals surface area (Å²) in [6.45, 7) is 7.98. The second-order valence-electron chi connectivity index (χ2n) is 7.25. The number of amides is 1. The Hall–Kier alpha value is -1.75. The average Bonchev–Trinajstić information content (AvgIpc) is 2.69. The third-order valence-corrected chi connectivity index (χ3v) is 5.82. The Bertz CT molecular complexity index is 784. The van der Waals surface area contributed by atoms with Crippen LogP contribution < -0.4 is 10.2 Å². The molecule has 4 nitrogen and oxygen atoms in total. The fourth-order valence-corrected chi connectivity index (χ4v) is 4.04. The zero-order chi connectivity index (χ0) is 19.9. The third kappa shape index (κ3) is 5.87. The van der Waals surface area contributed by atoms with Gasteiger partial charge in [0, 0.05) is 48.5 Å². The minimum absolute atomic E-state index is 0.0423. The summed E-state index contributed by atoms with van der Waals surface area (Å²) in [6, 6.07) is 14.0.